The van der Waals surface area contributed by atoms with Gasteiger partial charge in [0.1, 0.15) is 17.3 Å². The van der Waals surface area contributed by atoms with E-state index in [0.717, 1.165) is 12.8 Å². The van der Waals surface area contributed by atoms with Crippen molar-refractivity contribution in [3.8, 4) is 11.5 Å². The molecule has 1 saturated heterocycles. The van der Waals surface area contributed by atoms with E-state index in [4.69, 9.17) is 4.74 Å². The third-order valence-electron chi connectivity index (χ3n) is 4.20. The normalized spacial score (nSPS) is 17.2. The number of carbonyl (C=O) groups is 1. The first-order valence-corrected chi connectivity index (χ1v) is 8.34. The quantitative estimate of drug-likeness (QED) is 0.885. The van der Waals surface area contributed by atoms with Gasteiger partial charge in [0.25, 0.3) is 0 Å². The first kappa shape index (κ1) is 17.2. The van der Waals surface area contributed by atoms with E-state index in [0.29, 0.717) is 30.3 Å². The van der Waals surface area contributed by atoms with E-state index in [-0.39, 0.29) is 24.4 Å². The predicted octanol–water partition coefficient (Wildman–Crippen LogP) is 3.85. The summed E-state index contributed by atoms with van der Waals surface area (Å²) >= 11 is 0. The van der Waals surface area contributed by atoms with Crippen LogP contribution in [-0.2, 0) is 0 Å². The van der Waals surface area contributed by atoms with Crippen LogP contribution in [0.2, 0.25) is 0 Å². The fourth-order valence-electron chi connectivity index (χ4n) is 2.87. The summed E-state index contributed by atoms with van der Waals surface area (Å²) in [5.74, 6) is 0.771. The summed E-state index contributed by atoms with van der Waals surface area (Å²) in [7, 11) is 0. The van der Waals surface area contributed by atoms with Crippen molar-refractivity contribution < 1.29 is 19.0 Å². The summed E-state index contributed by atoms with van der Waals surface area (Å²) in [6.07, 6.45) is 1.85. The molecule has 1 atom stereocenters. The Morgan fingerprint density at radius 3 is 2.76 bits per heavy atom. The number of nitrogens with one attached hydrogen (secondary N) is 1. The molecule has 132 valence electrons. The van der Waals surface area contributed by atoms with Crippen LogP contribution in [0.3, 0.4) is 0 Å². The Bertz CT molecular complexity index is 721. The highest BCUT2D eigenvalue weighted by Gasteiger charge is 2.23. The maximum Gasteiger partial charge on any atom is 0.321 e. The number of amides is 2. The molecule has 25 heavy (non-hydrogen) atoms. The van der Waals surface area contributed by atoms with E-state index in [1.165, 1.54) is 12.1 Å². The molecule has 1 unspecified atom stereocenters. The van der Waals surface area contributed by atoms with Gasteiger partial charge in [0.2, 0.25) is 0 Å². The molecule has 0 spiro atoms. The number of nitrogens with zero attached hydrogens (tertiary/aromatic N) is 1. The highest BCUT2D eigenvalue weighted by Crippen LogP contribution is 2.24. The van der Waals surface area contributed by atoms with Gasteiger partial charge in [0, 0.05) is 31.5 Å². The third kappa shape index (κ3) is 4.70. The van der Waals surface area contributed by atoms with Crippen LogP contribution in [0.5, 0.6) is 11.5 Å². The number of rotatable bonds is 4. The number of hydrogen-bond donors (Lipinski definition) is 2. The third-order valence-corrected chi connectivity index (χ3v) is 4.20. The largest absolute Gasteiger partial charge is 0.457 e. The van der Waals surface area contributed by atoms with Crippen LogP contribution in [0.25, 0.3) is 0 Å². The smallest absolute Gasteiger partial charge is 0.321 e. The second-order valence-corrected chi connectivity index (χ2v) is 6.15. The molecular formula is C19H21FN2O3. The summed E-state index contributed by atoms with van der Waals surface area (Å²) in [6, 6.07) is 12.7. The topological polar surface area (TPSA) is 61.8 Å². The monoisotopic (exact) mass is 344 g/mol. The van der Waals surface area contributed by atoms with E-state index in [1.54, 1.807) is 41.3 Å². The van der Waals surface area contributed by atoms with Gasteiger partial charge in [0.05, 0.1) is 0 Å². The van der Waals surface area contributed by atoms with Crippen LogP contribution in [0.4, 0.5) is 14.9 Å². The molecule has 1 aliphatic heterocycles. The Kier molecular flexibility index (Phi) is 5.50. The molecule has 2 aromatic carbocycles. The highest BCUT2D eigenvalue weighted by atomic mass is 19.1. The number of hydrogen-bond acceptors (Lipinski definition) is 3. The number of halogens is 1. The number of anilines is 1. The van der Waals surface area contributed by atoms with Crippen LogP contribution in [0.1, 0.15) is 12.8 Å². The summed E-state index contributed by atoms with van der Waals surface area (Å²) < 4.78 is 18.7. The molecule has 5 nitrogen and oxygen atoms in total. The van der Waals surface area contributed by atoms with Crippen LogP contribution >= 0.6 is 0 Å². The Hall–Kier alpha value is -2.60. The van der Waals surface area contributed by atoms with Crippen LogP contribution in [0.15, 0.2) is 48.5 Å². The lowest BCUT2D eigenvalue weighted by Crippen LogP contribution is -2.43. The maximum atomic E-state index is 13.2. The number of likely N-dealkylation sites (tertiary alicyclic amines) is 1. The molecule has 1 aliphatic rings. The first-order valence-electron chi connectivity index (χ1n) is 8.34. The van der Waals surface area contributed by atoms with Crippen molar-refractivity contribution in [2.45, 2.75) is 12.8 Å². The van der Waals surface area contributed by atoms with Crippen LogP contribution in [0, 0.1) is 11.7 Å². The molecule has 6 heteroatoms. The minimum Gasteiger partial charge on any atom is -0.457 e. The van der Waals surface area contributed by atoms with Crippen molar-refractivity contribution in [1.82, 2.24) is 4.90 Å². The van der Waals surface area contributed by atoms with Gasteiger partial charge in [-0.15, -0.1) is 0 Å². The summed E-state index contributed by atoms with van der Waals surface area (Å²) in [4.78, 5) is 14.0. The molecule has 3 rings (SSSR count). The van der Waals surface area contributed by atoms with Crippen molar-refractivity contribution in [3.05, 3.63) is 54.3 Å². The minimum atomic E-state index is -0.357. The Morgan fingerprint density at radius 2 is 2.04 bits per heavy atom. The lowest BCUT2D eigenvalue weighted by molar-refractivity contribution is 0.136. The Labute approximate surface area is 146 Å². The van der Waals surface area contributed by atoms with Crippen LogP contribution in [-0.4, -0.2) is 35.7 Å². The number of aliphatic hydroxyl groups is 1. The van der Waals surface area contributed by atoms with Gasteiger partial charge in [-0.1, -0.05) is 6.07 Å². The molecule has 0 saturated carbocycles. The second kappa shape index (κ2) is 7.98. The number of aliphatic hydroxyl groups excluding tert-OH is 1. The predicted molar refractivity (Wildman–Crippen MR) is 93.3 cm³/mol. The van der Waals surface area contributed by atoms with E-state index in [9.17, 15) is 14.3 Å². The van der Waals surface area contributed by atoms with Gasteiger partial charge in [-0.25, -0.2) is 9.18 Å². The van der Waals surface area contributed by atoms with E-state index >= 15 is 0 Å². The van der Waals surface area contributed by atoms with Crippen molar-refractivity contribution in [2.24, 2.45) is 5.92 Å². The molecular weight excluding hydrogens is 323 g/mol. The molecule has 1 fully saturated rings. The molecule has 0 aliphatic carbocycles. The standard InChI is InChI=1S/C19H21FN2O3/c20-15-4-1-5-18(11-15)25-17-8-6-16(7-9-17)21-19(24)22-10-2-3-14(12-22)13-23/h1,4-9,11,14,23H,2-3,10,12-13H2,(H,21,24). The molecule has 0 aromatic heterocycles. The van der Waals surface area contributed by atoms with Gasteiger partial charge in [0.15, 0.2) is 0 Å². The summed E-state index contributed by atoms with van der Waals surface area (Å²) in [5, 5.41) is 12.1. The number of urea groups is 1. The number of piperidine rings is 1. The number of benzene rings is 2. The number of carbonyl (C=O) groups excluding carboxylic acids is 1. The van der Waals surface area contributed by atoms with E-state index in [1.807, 2.05) is 0 Å². The SMILES string of the molecule is O=C(Nc1ccc(Oc2cccc(F)c2)cc1)N1CCCC(CO)C1. The molecule has 2 amide bonds. The molecule has 1 heterocycles. The van der Waals surface area contributed by atoms with Gasteiger partial charge >= 0.3 is 6.03 Å². The number of ether oxygens (including phenoxy) is 1. The fraction of sp³-hybridized carbons (Fsp3) is 0.316. The molecule has 2 N–H and O–H groups in total. The van der Waals surface area contributed by atoms with Crippen molar-refractivity contribution in [1.29, 1.82) is 0 Å². The average molecular weight is 344 g/mol. The molecule has 0 bridgehead atoms. The Morgan fingerprint density at radius 1 is 1.24 bits per heavy atom. The lowest BCUT2D eigenvalue weighted by Gasteiger charge is -2.31. The van der Waals surface area contributed by atoms with Gasteiger partial charge in [-0.2, -0.15) is 0 Å². The van der Waals surface area contributed by atoms with Gasteiger partial charge in [-0.3, -0.25) is 0 Å². The fourth-order valence-corrected chi connectivity index (χ4v) is 2.87. The molecule has 2 aromatic rings. The van der Waals surface area contributed by atoms with Crippen molar-refractivity contribution in [3.63, 3.8) is 0 Å². The van der Waals surface area contributed by atoms with Gasteiger partial charge in [-0.05, 0) is 55.2 Å². The zero-order valence-electron chi connectivity index (χ0n) is 13.8. The van der Waals surface area contributed by atoms with Crippen molar-refractivity contribution in [2.75, 3.05) is 25.0 Å². The lowest BCUT2D eigenvalue weighted by atomic mass is 9.99. The highest BCUT2D eigenvalue weighted by molar-refractivity contribution is 5.89. The minimum absolute atomic E-state index is 0.107. The second-order valence-electron chi connectivity index (χ2n) is 6.15. The Balaban J connectivity index is 1.58. The summed E-state index contributed by atoms with van der Waals surface area (Å²) in [6.45, 7) is 1.38. The van der Waals surface area contributed by atoms with Gasteiger partial charge < -0.3 is 20.1 Å². The first-order chi connectivity index (χ1) is 12.1. The van der Waals surface area contributed by atoms with E-state index < -0.39 is 0 Å². The van der Waals surface area contributed by atoms with Crippen LogP contribution < -0.4 is 10.1 Å². The molecule has 0 radical (unpaired) electrons. The zero-order chi connectivity index (χ0) is 17.6. The summed E-state index contributed by atoms with van der Waals surface area (Å²) in [5.41, 5.74) is 0.655. The maximum absolute atomic E-state index is 13.2. The van der Waals surface area contributed by atoms with E-state index in [2.05, 4.69) is 5.32 Å². The zero-order valence-corrected chi connectivity index (χ0v) is 13.8. The van der Waals surface area contributed by atoms with Crippen molar-refractivity contribution >= 4 is 11.7 Å². The average Bonchev–Trinajstić information content (AvgIpc) is 2.63.